The van der Waals surface area contributed by atoms with E-state index in [-0.39, 0.29) is 26.1 Å². The molecule has 6 atom stereocenters. The highest BCUT2D eigenvalue weighted by Crippen LogP contribution is 2.22. The van der Waals surface area contributed by atoms with Gasteiger partial charge in [0.2, 0.25) is 0 Å². The number of hydrogen-bond acceptors (Lipinski definition) is 10. The SMILES string of the molecule is CCCCC/C=C/C/C=C/C/C=C/CCCCC(=O)OC[C@@H](CO[C@H]1O[C@@H](CO)[C@@H](O)C(O)C1O)OC(=O)CCCCCCC/C=C/CCCCCCC. The Morgan fingerprint density at radius 3 is 1.65 bits per heavy atom. The maximum absolute atomic E-state index is 12.7. The van der Waals surface area contributed by atoms with Crippen LogP contribution in [0.2, 0.25) is 0 Å². The molecule has 1 heterocycles. The highest BCUT2D eigenvalue weighted by Gasteiger charge is 2.44. The van der Waals surface area contributed by atoms with Gasteiger partial charge in [-0.15, -0.1) is 0 Å². The molecule has 312 valence electrons. The molecular formula is C44H76O10. The Kier molecular flexibility index (Phi) is 32.3. The number of aliphatic hydroxyl groups excluding tert-OH is 4. The van der Waals surface area contributed by atoms with Crippen molar-refractivity contribution in [1.29, 1.82) is 0 Å². The summed E-state index contributed by atoms with van der Waals surface area (Å²) in [6.07, 6.45) is 32.6. The highest BCUT2D eigenvalue weighted by molar-refractivity contribution is 5.70. The fourth-order valence-electron chi connectivity index (χ4n) is 6.01. The van der Waals surface area contributed by atoms with Gasteiger partial charge in [0.1, 0.15) is 31.0 Å². The van der Waals surface area contributed by atoms with Gasteiger partial charge in [0.25, 0.3) is 0 Å². The van der Waals surface area contributed by atoms with Gasteiger partial charge in [0.15, 0.2) is 12.4 Å². The van der Waals surface area contributed by atoms with Crippen LogP contribution in [0.5, 0.6) is 0 Å². The number of allylic oxidation sites excluding steroid dienone is 8. The van der Waals surface area contributed by atoms with Crippen LogP contribution in [0.1, 0.15) is 162 Å². The third kappa shape index (κ3) is 26.5. The Morgan fingerprint density at radius 1 is 0.574 bits per heavy atom. The third-order valence-corrected chi connectivity index (χ3v) is 9.44. The number of rotatable bonds is 34. The molecule has 1 rings (SSSR count). The van der Waals surface area contributed by atoms with Crippen LogP contribution in [0.4, 0.5) is 0 Å². The predicted molar refractivity (Wildman–Crippen MR) is 215 cm³/mol. The van der Waals surface area contributed by atoms with Crippen molar-refractivity contribution in [1.82, 2.24) is 0 Å². The van der Waals surface area contributed by atoms with E-state index in [4.69, 9.17) is 18.9 Å². The summed E-state index contributed by atoms with van der Waals surface area (Å²) < 4.78 is 22.1. The molecule has 0 bridgehead atoms. The fraction of sp³-hybridized carbons (Fsp3) is 0.773. The summed E-state index contributed by atoms with van der Waals surface area (Å²) >= 11 is 0. The minimum Gasteiger partial charge on any atom is -0.462 e. The average molecular weight is 765 g/mol. The van der Waals surface area contributed by atoms with E-state index < -0.39 is 55.4 Å². The molecule has 1 fully saturated rings. The first-order valence-corrected chi connectivity index (χ1v) is 21.2. The van der Waals surface area contributed by atoms with Crippen molar-refractivity contribution in [3.8, 4) is 0 Å². The number of carbonyl (C=O) groups is 2. The molecule has 0 aromatic rings. The van der Waals surface area contributed by atoms with Gasteiger partial charge in [0.05, 0.1) is 13.2 Å². The van der Waals surface area contributed by atoms with Crippen LogP contribution < -0.4 is 0 Å². The van der Waals surface area contributed by atoms with E-state index in [2.05, 4.69) is 62.5 Å². The lowest BCUT2D eigenvalue weighted by atomic mass is 9.99. The van der Waals surface area contributed by atoms with Crippen molar-refractivity contribution in [2.75, 3.05) is 19.8 Å². The number of esters is 2. The first kappa shape index (κ1) is 49.7. The summed E-state index contributed by atoms with van der Waals surface area (Å²) in [5.74, 6) is -0.865. The van der Waals surface area contributed by atoms with E-state index in [1.165, 1.54) is 51.4 Å². The van der Waals surface area contributed by atoms with Crippen LogP contribution in [0, 0.1) is 0 Å². The molecule has 0 spiro atoms. The topological polar surface area (TPSA) is 152 Å². The van der Waals surface area contributed by atoms with E-state index >= 15 is 0 Å². The van der Waals surface area contributed by atoms with E-state index in [1.54, 1.807) is 0 Å². The van der Waals surface area contributed by atoms with Crippen LogP contribution in [-0.4, -0.2) is 89.0 Å². The zero-order valence-corrected chi connectivity index (χ0v) is 33.7. The number of hydrogen-bond donors (Lipinski definition) is 4. The predicted octanol–water partition coefficient (Wildman–Crippen LogP) is 8.49. The minimum atomic E-state index is -1.60. The van der Waals surface area contributed by atoms with Crippen LogP contribution in [0.25, 0.3) is 0 Å². The Labute approximate surface area is 327 Å². The molecule has 0 radical (unpaired) electrons. The molecule has 0 aromatic carbocycles. The normalized spacial score (nSPS) is 21.2. The number of unbranched alkanes of at least 4 members (excludes halogenated alkanes) is 15. The van der Waals surface area contributed by atoms with Crippen LogP contribution in [0.3, 0.4) is 0 Å². The lowest BCUT2D eigenvalue weighted by Crippen LogP contribution is -2.59. The van der Waals surface area contributed by atoms with Crippen LogP contribution in [-0.2, 0) is 28.5 Å². The zero-order valence-electron chi connectivity index (χ0n) is 33.7. The van der Waals surface area contributed by atoms with Gasteiger partial charge in [-0.2, -0.15) is 0 Å². The van der Waals surface area contributed by atoms with Gasteiger partial charge in [-0.1, -0.05) is 120 Å². The molecule has 0 aromatic heterocycles. The first-order valence-electron chi connectivity index (χ1n) is 21.2. The van der Waals surface area contributed by atoms with Gasteiger partial charge in [-0.3, -0.25) is 9.59 Å². The molecule has 0 saturated carbocycles. The standard InChI is InChI=1S/C44H76O10/c1-3-5-7-9-11-13-15-17-19-21-22-24-26-28-30-32-39(46)51-35-37(36-52-44-43(50)42(49)41(48)38(34-45)54-44)53-40(47)33-31-29-27-25-23-20-18-16-14-12-10-8-6-4-2/h11,13,16-19,22,24,37-38,41-45,48-50H,3-10,12,14-15,20-21,23,25-36H2,1-2H3/b13-11+,18-16+,19-17+,24-22+/t37-,38-,41+,42?,43?,44-/m0/s1. The minimum absolute atomic E-state index is 0.210. The molecule has 2 unspecified atom stereocenters. The van der Waals surface area contributed by atoms with Crippen molar-refractivity contribution < 1.29 is 49.0 Å². The maximum atomic E-state index is 12.7. The lowest BCUT2D eigenvalue weighted by Gasteiger charge is -2.39. The van der Waals surface area contributed by atoms with E-state index in [9.17, 15) is 30.0 Å². The summed E-state index contributed by atoms with van der Waals surface area (Å²) in [7, 11) is 0. The number of ether oxygens (including phenoxy) is 4. The molecule has 0 amide bonds. The monoisotopic (exact) mass is 765 g/mol. The molecule has 1 aliphatic rings. The summed E-state index contributed by atoms with van der Waals surface area (Å²) in [5, 5.41) is 40.0. The molecule has 54 heavy (non-hydrogen) atoms. The Bertz CT molecular complexity index is 1020. The smallest absolute Gasteiger partial charge is 0.306 e. The van der Waals surface area contributed by atoms with Crippen molar-refractivity contribution in [3.05, 3.63) is 48.6 Å². The van der Waals surface area contributed by atoms with Crippen molar-refractivity contribution in [2.24, 2.45) is 0 Å². The van der Waals surface area contributed by atoms with Gasteiger partial charge in [-0.25, -0.2) is 0 Å². The quantitative estimate of drug-likeness (QED) is 0.0285. The lowest BCUT2D eigenvalue weighted by molar-refractivity contribution is -0.305. The van der Waals surface area contributed by atoms with Crippen molar-refractivity contribution in [2.45, 2.75) is 198 Å². The van der Waals surface area contributed by atoms with Gasteiger partial charge < -0.3 is 39.4 Å². The molecule has 4 N–H and O–H groups in total. The molecule has 1 saturated heterocycles. The molecule has 0 aliphatic carbocycles. The molecule has 10 heteroatoms. The molecular weight excluding hydrogens is 688 g/mol. The Morgan fingerprint density at radius 2 is 1.04 bits per heavy atom. The maximum Gasteiger partial charge on any atom is 0.306 e. The third-order valence-electron chi connectivity index (χ3n) is 9.44. The number of carbonyl (C=O) groups excluding carboxylic acids is 2. The van der Waals surface area contributed by atoms with Gasteiger partial charge in [-0.05, 0) is 77.0 Å². The second kappa shape index (κ2) is 35.1. The second-order valence-corrected chi connectivity index (χ2v) is 14.4. The first-order chi connectivity index (χ1) is 26.3. The molecule has 1 aliphatic heterocycles. The summed E-state index contributed by atoms with van der Waals surface area (Å²) in [4.78, 5) is 25.2. The van der Waals surface area contributed by atoms with Crippen molar-refractivity contribution in [3.63, 3.8) is 0 Å². The van der Waals surface area contributed by atoms with Gasteiger partial charge >= 0.3 is 11.9 Å². The van der Waals surface area contributed by atoms with Crippen LogP contribution in [0.15, 0.2) is 48.6 Å². The van der Waals surface area contributed by atoms with Crippen molar-refractivity contribution >= 4 is 11.9 Å². The zero-order chi connectivity index (χ0) is 39.5. The summed E-state index contributed by atoms with van der Waals surface area (Å²) in [6.45, 7) is 3.32. The average Bonchev–Trinajstić information content (AvgIpc) is 3.17. The van der Waals surface area contributed by atoms with E-state index in [1.807, 2.05) is 0 Å². The summed E-state index contributed by atoms with van der Waals surface area (Å²) in [6, 6.07) is 0. The fourth-order valence-corrected chi connectivity index (χ4v) is 6.01. The Hall–Kier alpha value is -2.34. The largest absolute Gasteiger partial charge is 0.462 e. The molecule has 10 nitrogen and oxygen atoms in total. The summed E-state index contributed by atoms with van der Waals surface area (Å²) in [5.41, 5.74) is 0. The second-order valence-electron chi connectivity index (χ2n) is 14.4. The van der Waals surface area contributed by atoms with Gasteiger partial charge in [0, 0.05) is 12.8 Å². The number of aliphatic hydroxyl groups is 4. The Balaban J connectivity index is 2.40. The van der Waals surface area contributed by atoms with E-state index in [0.717, 1.165) is 70.6 Å². The van der Waals surface area contributed by atoms with E-state index in [0.29, 0.717) is 12.8 Å². The van der Waals surface area contributed by atoms with Crippen LogP contribution >= 0.6 is 0 Å². The highest BCUT2D eigenvalue weighted by atomic mass is 16.7.